The second kappa shape index (κ2) is 10.5. The number of likely N-dealkylation sites (tertiary alicyclic amines) is 1. The zero-order valence-electron chi connectivity index (χ0n) is 19.8. The molecule has 0 spiro atoms. The highest BCUT2D eigenvalue weighted by molar-refractivity contribution is 5.81. The Morgan fingerprint density at radius 3 is 2.56 bits per heavy atom. The minimum atomic E-state index is -0.344. The van der Waals surface area contributed by atoms with Crippen LogP contribution in [-0.4, -0.2) is 57.5 Å². The van der Waals surface area contributed by atoms with Crippen molar-refractivity contribution in [2.75, 3.05) is 40.6 Å². The fraction of sp³-hybridized carbons (Fsp3) is 0.440. The number of nitrogens with one attached hydrogen (secondary N) is 2. The minimum absolute atomic E-state index is 0.0162. The van der Waals surface area contributed by atoms with Crippen molar-refractivity contribution in [2.45, 2.75) is 25.8 Å². The van der Waals surface area contributed by atoms with E-state index in [-0.39, 0.29) is 30.6 Å². The Hall–Kier alpha value is -3.62. The van der Waals surface area contributed by atoms with E-state index in [2.05, 4.69) is 10.6 Å². The van der Waals surface area contributed by atoms with Crippen molar-refractivity contribution in [3.05, 3.63) is 47.5 Å². The predicted octanol–water partition coefficient (Wildman–Crippen LogP) is 2.88. The number of nitrogens with zero attached hydrogens (tertiary/aromatic N) is 1. The number of methoxy groups -OCH3 is 2. The van der Waals surface area contributed by atoms with Gasteiger partial charge in [-0.15, -0.1) is 0 Å². The van der Waals surface area contributed by atoms with Gasteiger partial charge < -0.3 is 34.5 Å². The topological polar surface area (TPSA) is 98.4 Å². The lowest BCUT2D eigenvalue weighted by Gasteiger charge is -2.37. The largest absolute Gasteiger partial charge is 0.493 e. The molecule has 1 fully saturated rings. The van der Waals surface area contributed by atoms with Gasteiger partial charge >= 0.3 is 6.03 Å². The first-order valence-electron chi connectivity index (χ1n) is 11.4. The van der Waals surface area contributed by atoms with Crippen molar-refractivity contribution in [3.63, 3.8) is 0 Å². The number of rotatable bonds is 7. The molecule has 2 aromatic carbocycles. The van der Waals surface area contributed by atoms with E-state index in [9.17, 15) is 9.59 Å². The number of hydrogen-bond donors (Lipinski definition) is 2. The molecule has 2 aromatic rings. The first-order valence-corrected chi connectivity index (χ1v) is 11.4. The van der Waals surface area contributed by atoms with E-state index in [0.717, 1.165) is 11.1 Å². The van der Waals surface area contributed by atoms with E-state index in [1.165, 1.54) is 0 Å². The molecule has 2 unspecified atom stereocenters. The summed E-state index contributed by atoms with van der Waals surface area (Å²) in [4.78, 5) is 27.6. The molecule has 9 heteroatoms. The summed E-state index contributed by atoms with van der Waals surface area (Å²) < 4.78 is 21.6. The van der Waals surface area contributed by atoms with E-state index in [4.69, 9.17) is 18.9 Å². The van der Waals surface area contributed by atoms with Gasteiger partial charge in [0, 0.05) is 32.1 Å². The molecule has 0 aliphatic carbocycles. The van der Waals surface area contributed by atoms with E-state index in [1.54, 1.807) is 19.1 Å². The Bertz CT molecular complexity index is 1040. The molecule has 0 bridgehead atoms. The van der Waals surface area contributed by atoms with Gasteiger partial charge in [-0.3, -0.25) is 4.79 Å². The van der Waals surface area contributed by atoms with Crippen LogP contribution < -0.4 is 29.6 Å². The van der Waals surface area contributed by atoms with E-state index in [1.807, 2.05) is 43.3 Å². The molecule has 0 aromatic heterocycles. The van der Waals surface area contributed by atoms with Gasteiger partial charge in [0.2, 0.25) is 12.7 Å². The van der Waals surface area contributed by atoms with Gasteiger partial charge in [-0.05, 0) is 48.7 Å². The Kier molecular flexibility index (Phi) is 7.30. The fourth-order valence-electron chi connectivity index (χ4n) is 4.45. The molecule has 1 saturated heterocycles. The third-order valence-electron chi connectivity index (χ3n) is 6.22. The summed E-state index contributed by atoms with van der Waals surface area (Å²) in [5.41, 5.74) is 1.92. The molecule has 2 atom stereocenters. The van der Waals surface area contributed by atoms with Crippen LogP contribution in [0, 0.1) is 5.92 Å². The van der Waals surface area contributed by atoms with Crippen LogP contribution in [-0.2, 0) is 11.3 Å². The lowest BCUT2D eigenvalue weighted by Crippen LogP contribution is -2.51. The third kappa shape index (κ3) is 5.13. The van der Waals surface area contributed by atoms with Gasteiger partial charge in [0.05, 0.1) is 20.1 Å². The van der Waals surface area contributed by atoms with Crippen molar-refractivity contribution in [1.29, 1.82) is 0 Å². The quantitative estimate of drug-likeness (QED) is 0.647. The number of hydrogen-bond acceptors (Lipinski definition) is 6. The standard InChI is InChI=1S/C25H31N3O6/c1-4-26-25(30)28-13-18(17-6-8-20(31-2)22(11-17)32-3)10-19(14-28)24(29)27-12-16-5-7-21-23(9-16)34-15-33-21/h5-9,11,18-19H,4,10,12-15H2,1-3H3,(H,26,30)(H,27,29). The number of carbonyl (C=O) groups is 2. The Labute approximate surface area is 199 Å². The fourth-order valence-corrected chi connectivity index (χ4v) is 4.45. The van der Waals surface area contributed by atoms with E-state index < -0.39 is 0 Å². The van der Waals surface area contributed by atoms with Crippen LogP contribution in [0.1, 0.15) is 30.4 Å². The summed E-state index contributed by atoms with van der Waals surface area (Å²) in [6, 6.07) is 11.2. The average molecular weight is 470 g/mol. The van der Waals surface area contributed by atoms with Gasteiger partial charge in [-0.1, -0.05) is 12.1 Å². The monoisotopic (exact) mass is 469 g/mol. The highest BCUT2D eigenvalue weighted by atomic mass is 16.7. The molecule has 34 heavy (non-hydrogen) atoms. The van der Waals surface area contributed by atoms with Gasteiger partial charge in [-0.25, -0.2) is 4.79 Å². The molecule has 0 saturated carbocycles. The molecule has 182 valence electrons. The van der Waals surface area contributed by atoms with Gasteiger partial charge in [0.25, 0.3) is 0 Å². The maximum absolute atomic E-state index is 13.2. The zero-order chi connectivity index (χ0) is 24.1. The first kappa shape index (κ1) is 23.5. The third-order valence-corrected chi connectivity index (χ3v) is 6.22. The van der Waals surface area contributed by atoms with Crippen molar-refractivity contribution in [3.8, 4) is 23.0 Å². The normalized spacial score (nSPS) is 18.9. The lowest BCUT2D eigenvalue weighted by atomic mass is 9.84. The molecule has 2 N–H and O–H groups in total. The highest BCUT2D eigenvalue weighted by Gasteiger charge is 2.34. The van der Waals surface area contributed by atoms with Crippen LogP contribution in [0.5, 0.6) is 23.0 Å². The van der Waals surface area contributed by atoms with Crippen LogP contribution in [0.2, 0.25) is 0 Å². The minimum Gasteiger partial charge on any atom is -0.493 e. The van der Waals surface area contributed by atoms with Gasteiger partial charge in [-0.2, -0.15) is 0 Å². The molecule has 2 aliphatic rings. The van der Waals surface area contributed by atoms with Crippen molar-refractivity contribution >= 4 is 11.9 Å². The summed E-state index contributed by atoms with van der Waals surface area (Å²) >= 11 is 0. The first-order chi connectivity index (χ1) is 16.5. The maximum atomic E-state index is 13.2. The van der Waals surface area contributed by atoms with E-state index in [0.29, 0.717) is 55.6 Å². The Balaban J connectivity index is 1.48. The number of piperidine rings is 1. The number of fused-ring (bicyclic) bond motifs is 1. The van der Waals surface area contributed by atoms with Crippen LogP contribution >= 0.6 is 0 Å². The molecular weight excluding hydrogens is 438 g/mol. The van der Waals surface area contributed by atoms with Crippen LogP contribution in [0.25, 0.3) is 0 Å². The van der Waals surface area contributed by atoms with Crippen molar-refractivity contribution < 1.29 is 28.5 Å². The molecule has 3 amide bonds. The van der Waals surface area contributed by atoms with Crippen LogP contribution in [0.3, 0.4) is 0 Å². The maximum Gasteiger partial charge on any atom is 0.317 e. The zero-order valence-corrected chi connectivity index (χ0v) is 19.8. The summed E-state index contributed by atoms with van der Waals surface area (Å²) in [6.45, 7) is 3.87. The molecule has 2 aliphatic heterocycles. The second-order valence-corrected chi connectivity index (χ2v) is 8.39. The van der Waals surface area contributed by atoms with Crippen LogP contribution in [0.15, 0.2) is 36.4 Å². The molecule has 4 rings (SSSR count). The molecule has 2 heterocycles. The number of carbonyl (C=O) groups excluding carboxylic acids is 2. The Morgan fingerprint density at radius 1 is 1.00 bits per heavy atom. The summed E-state index contributed by atoms with van der Waals surface area (Å²) in [7, 11) is 3.19. The molecular formula is C25H31N3O6. The van der Waals surface area contributed by atoms with E-state index >= 15 is 0 Å². The predicted molar refractivity (Wildman–Crippen MR) is 125 cm³/mol. The molecule has 9 nitrogen and oxygen atoms in total. The summed E-state index contributed by atoms with van der Waals surface area (Å²) in [6.07, 6.45) is 0.623. The number of amides is 3. The van der Waals surface area contributed by atoms with Crippen LogP contribution in [0.4, 0.5) is 4.79 Å². The highest BCUT2D eigenvalue weighted by Crippen LogP contribution is 2.36. The van der Waals surface area contributed by atoms with Gasteiger partial charge in [0.15, 0.2) is 23.0 Å². The number of ether oxygens (including phenoxy) is 4. The summed E-state index contributed by atoms with van der Waals surface area (Å²) in [5, 5.41) is 5.88. The number of urea groups is 1. The Morgan fingerprint density at radius 2 is 1.79 bits per heavy atom. The average Bonchev–Trinajstić information content (AvgIpc) is 3.34. The lowest BCUT2D eigenvalue weighted by molar-refractivity contribution is -0.126. The molecule has 0 radical (unpaired) electrons. The number of benzene rings is 2. The SMILES string of the molecule is CCNC(=O)N1CC(C(=O)NCc2ccc3c(c2)OCO3)CC(c2ccc(OC)c(OC)c2)C1. The van der Waals surface area contributed by atoms with Gasteiger partial charge in [0.1, 0.15) is 0 Å². The smallest absolute Gasteiger partial charge is 0.317 e. The van der Waals surface area contributed by atoms with Crippen molar-refractivity contribution in [1.82, 2.24) is 15.5 Å². The second-order valence-electron chi connectivity index (χ2n) is 8.39. The summed E-state index contributed by atoms with van der Waals surface area (Å²) in [5.74, 6) is 2.20. The van der Waals surface area contributed by atoms with Crippen molar-refractivity contribution in [2.24, 2.45) is 5.92 Å².